The zero-order valence-corrected chi connectivity index (χ0v) is 25.5. The van der Waals surface area contributed by atoms with Crippen LogP contribution < -0.4 is 10.2 Å². The average Bonchev–Trinajstić information content (AvgIpc) is 3.01. The van der Waals surface area contributed by atoms with Crippen LogP contribution in [-0.2, 0) is 25.7 Å². The van der Waals surface area contributed by atoms with Crippen molar-refractivity contribution in [3.05, 3.63) is 65.5 Å². The third-order valence-electron chi connectivity index (χ3n) is 10.5. The van der Waals surface area contributed by atoms with Gasteiger partial charge >= 0.3 is 5.97 Å². The van der Waals surface area contributed by atoms with E-state index < -0.39 is 47.4 Å². The number of carbonyl (C=O) groups excluding carboxylic acids is 4. The van der Waals surface area contributed by atoms with E-state index in [9.17, 15) is 19.2 Å². The van der Waals surface area contributed by atoms with Crippen molar-refractivity contribution in [1.29, 1.82) is 0 Å². The summed E-state index contributed by atoms with van der Waals surface area (Å²) in [6, 6.07) is 10.4. The van der Waals surface area contributed by atoms with Gasteiger partial charge in [-0.15, -0.1) is 0 Å². The highest BCUT2D eigenvalue weighted by molar-refractivity contribution is 6.10. The number of Topliss-reactive ketones (excluding diaryl/α,β-unsaturated/α-hetero) is 1. The SMILES string of the molecule is CC(=O)N1[C@H](CC23CC4CC(CC(C4)C2)C3)C(=O)N(Cc2ccccc2F)c2ccccc2C(=O)C[C@H]1C(=O)NCCC(=O)O. The maximum atomic E-state index is 15.1. The summed E-state index contributed by atoms with van der Waals surface area (Å²) in [6.07, 6.45) is 6.04. The molecule has 4 saturated carbocycles. The summed E-state index contributed by atoms with van der Waals surface area (Å²) in [7, 11) is 0. The van der Waals surface area contributed by atoms with Crippen LogP contribution in [0.2, 0.25) is 0 Å². The summed E-state index contributed by atoms with van der Waals surface area (Å²) in [5.41, 5.74) is 0.582. The van der Waals surface area contributed by atoms with Crippen molar-refractivity contribution in [3.8, 4) is 0 Å². The zero-order chi connectivity index (χ0) is 31.9. The fourth-order valence-corrected chi connectivity index (χ4v) is 9.13. The minimum Gasteiger partial charge on any atom is -0.481 e. The summed E-state index contributed by atoms with van der Waals surface area (Å²) in [4.78, 5) is 70.2. The quantitative estimate of drug-likeness (QED) is 0.442. The molecule has 45 heavy (non-hydrogen) atoms. The second-order valence-electron chi connectivity index (χ2n) is 13.7. The van der Waals surface area contributed by atoms with E-state index in [1.54, 1.807) is 42.5 Å². The van der Waals surface area contributed by atoms with Crippen molar-refractivity contribution < 1.29 is 33.5 Å². The number of nitrogens with one attached hydrogen (secondary N) is 1. The van der Waals surface area contributed by atoms with Crippen LogP contribution in [0.5, 0.6) is 0 Å². The largest absolute Gasteiger partial charge is 0.481 e. The van der Waals surface area contributed by atoms with E-state index in [2.05, 4.69) is 5.32 Å². The van der Waals surface area contributed by atoms with Gasteiger partial charge in [-0.1, -0.05) is 30.3 Å². The summed E-state index contributed by atoms with van der Waals surface area (Å²) in [5, 5.41) is 11.7. The molecule has 4 bridgehead atoms. The molecule has 1 heterocycles. The number of para-hydroxylation sites is 1. The van der Waals surface area contributed by atoms with Gasteiger partial charge in [0.15, 0.2) is 5.78 Å². The van der Waals surface area contributed by atoms with Gasteiger partial charge in [0, 0.05) is 31.0 Å². The third kappa shape index (κ3) is 6.24. The molecule has 5 aliphatic rings. The first-order valence-corrected chi connectivity index (χ1v) is 16.0. The summed E-state index contributed by atoms with van der Waals surface area (Å²) in [5.74, 6) is -2.00. The second-order valence-corrected chi connectivity index (χ2v) is 13.7. The van der Waals surface area contributed by atoms with Crippen LogP contribution >= 0.6 is 0 Å². The first-order valence-electron chi connectivity index (χ1n) is 16.0. The molecule has 4 fully saturated rings. The van der Waals surface area contributed by atoms with E-state index in [0.29, 0.717) is 29.9 Å². The van der Waals surface area contributed by atoms with Gasteiger partial charge in [0.1, 0.15) is 17.9 Å². The van der Waals surface area contributed by atoms with Gasteiger partial charge in [-0.3, -0.25) is 24.0 Å². The molecule has 0 spiro atoms. The van der Waals surface area contributed by atoms with Crippen LogP contribution in [0, 0.1) is 29.0 Å². The average molecular weight is 618 g/mol. The number of nitrogens with zero attached hydrogens (tertiary/aromatic N) is 2. The lowest BCUT2D eigenvalue weighted by atomic mass is 9.48. The lowest BCUT2D eigenvalue weighted by Gasteiger charge is -2.58. The van der Waals surface area contributed by atoms with Gasteiger partial charge in [-0.2, -0.15) is 0 Å². The van der Waals surface area contributed by atoms with Crippen molar-refractivity contribution in [3.63, 3.8) is 0 Å². The molecule has 2 N–H and O–H groups in total. The van der Waals surface area contributed by atoms with Crippen LogP contribution in [0.25, 0.3) is 0 Å². The predicted molar refractivity (Wildman–Crippen MR) is 164 cm³/mol. The number of carbonyl (C=O) groups is 5. The van der Waals surface area contributed by atoms with Gasteiger partial charge < -0.3 is 20.2 Å². The highest BCUT2D eigenvalue weighted by atomic mass is 19.1. The Bertz CT molecular complexity index is 1490. The molecule has 0 unspecified atom stereocenters. The fraction of sp³-hybridized carbons (Fsp3) is 0.514. The maximum absolute atomic E-state index is 15.1. The van der Waals surface area contributed by atoms with Crippen molar-refractivity contribution in [2.24, 2.45) is 23.2 Å². The molecule has 0 radical (unpaired) electrons. The van der Waals surface area contributed by atoms with Crippen LogP contribution in [0.4, 0.5) is 10.1 Å². The topological polar surface area (TPSA) is 124 Å². The maximum Gasteiger partial charge on any atom is 0.305 e. The number of hydrogen-bond acceptors (Lipinski definition) is 5. The standard InChI is InChI=1S/C35H40FN3O6/c1-21(40)39-29(33(44)37-11-10-32(42)43)15-31(41)26-7-3-5-9-28(26)38(20-25-6-2-4-8-27(25)36)34(45)30(39)19-35-16-22-12-23(17-35)14-24(13-22)18-35/h2-9,22-24,29-30H,10-20H2,1H3,(H,37,44)(H,42,43)/t22?,23?,24?,29-,30+,35?/m0/s1. The molecular formula is C35H40FN3O6. The van der Waals surface area contributed by atoms with Crippen molar-refractivity contribution >= 4 is 35.2 Å². The van der Waals surface area contributed by atoms with Gasteiger partial charge in [0.25, 0.3) is 0 Å². The number of aliphatic carboxylic acids is 1. The number of anilines is 1. The summed E-state index contributed by atoms with van der Waals surface area (Å²) >= 11 is 0. The van der Waals surface area contributed by atoms with E-state index in [-0.39, 0.29) is 42.5 Å². The van der Waals surface area contributed by atoms with Gasteiger partial charge in [0.05, 0.1) is 18.7 Å². The van der Waals surface area contributed by atoms with E-state index >= 15 is 9.18 Å². The Morgan fingerprint density at radius 3 is 2.20 bits per heavy atom. The number of halogens is 1. The number of rotatable bonds is 8. The minimum absolute atomic E-state index is 0.158. The molecule has 2 atom stereocenters. The first kappa shape index (κ1) is 30.9. The first-order chi connectivity index (χ1) is 21.5. The number of fused-ring (bicyclic) bond motifs is 1. The number of carboxylic acid groups (broad SMARTS) is 1. The summed E-state index contributed by atoms with van der Waals surface area (Å²) in [6.45, 7) is 0.955. The summed E-state index contributed by atoms with van der Waals surface area (Å²) < 4.78 is 15.1. The molecule has 0 aromatic heterocycles. The van der Waals surface area contributed by atoms with Crippen LogP contribution in [0.15, 0.2) is 48.5 Å². The number of hydrogen-bond donors (Lipinski definition) is 2. The molecule has 4 aliphatic carbocycles. The van der Waals surface area contributed by atoms with Crippen molar-refractivity contribution in [2.75, 3.05) is 11.4 Å². The monoisotopic (exact) mass is 617 g/mol. The van der Waals surface area contributed by atoms with Gasteiger partial charge in [-0.25, -0.2) is 4.39 Å². The zero-order valence-electron chi connectivity index (χ0n) is 25.5. The van der Waals surface area contributed by atoms with Crippen molar-refractivity contribution in [1.82, 2.24) is 10.2 Å². The van der Waals surface area contributed by atoms with Crippen LogP contribution in [0.3, 0.4) is 0 Å². The minimum atomic E-state index is -1.33. The van der Waals surface area contributed by atoms with E-state index in [1.165, 1.54) is 42.1 Å². The number of amides is 3. The van der Waals surface area contributed by atoms with Crippen molar-refractivity contribution in [2.45, 2.75) is 83.3 Å². The Labute approximate surface area is 262 Å². The molecule has 7 rings (SSSR count). The third-order valence-corrected chi connectivity index (χ3v) is 10.5. The Morgan fingerprint density at radius 2 is 1.58 bits per heavy atom. The Balaban J connectivity index is 1.47. The molecule has 10 heteroatoms. The number of ketones is 1. The van der Waals surface area contributed by atoms with Crippen LogP contribution in [0.1, 0.15) is 80.6 Å². The normalized spacial score (nSPS) is 29.1. The van der Waals surface area contributed by atoms with Crippen LogP contribution in [-0.4, -0.2) is 58.1 Å². The lowest BCUT2D eigenvalue weighted by Crippen LogP contribution is -2.60. The Morgan fingerprint density at radius 1 is 0.956 bits per heavy atom. The number of benzene rings is 2. The number of carboxylic acids is 1. The molecule has 1 aliphatic heterocycles. The molecule has 3 amide bonds. The Kier molecular flexibility index (Phi) is 8.50. The molecular weight excluding hydrogens is 577 g/mol. The Hall–Kier alpha value is -4.08. The molecule has 2 aromatic rings. The van der Waals surface area contributed by atoms with Gasteiger partial charge in [0.2, 0.25) is 17.7 Å². The molecule has 238 valence electrons. The lowest BCUT2D eigenvalue weighted by molar-refractivity contribution is -0.149. The smallest absolute Gasteiger partial charge is 0.305 e. The molecule has 0 saturated heterocycles. The highest BCUT2D eigenvalue weighted by Crippen LogP contribution is 2.62. The molecule has 9 nitrogen and oxygen atoms in total. The fourth-order valence-electron chi connectivity index (χ4n) is 9.13. The highest BCUT2D eigenvalue weighted by Gasteiger charge is 2.54. The molecule has 2 aromatic carbocycles. The van der Waals surface area contributed by atoms with E-state index in [4.69, 9.17) is 5.11 Å². The second kappa shape index (κ2) is 12.4. The van der Waals surface area contributed by atoms with Gasteiger partial charge in [-0.05, 0) is 86.3 Å². The van der Waals surface area contributed by atoms with E-state index in [1.807, 2.05) is 0 Å². The predicted octanol–water partition coefficient (Wildman–Crippen LogP) is 4.73. The van der Waals surface area contributed by atoms with E-state index in [0.717, 1.165) is 19.3 Å².